The number of halogens is 2. The summed E-state index contributed by atoms with van der Waals surface area (Å²) in [5, 5.41) is 6.59. The SMILES string of the molecule is CCNC(=NCc1cccc(OCC)c1OC(F)F)NCC(C)CN1CCN(C)CC1. The van der Waals surface area contributed by atoms with Crippen LogP contribution in [0.2, 0.25) is 0 Å². The molecule has 1 fully saturated rings. The van der Waals surface area contributed by atoms with Crippen molar-refractivity contribution < 1.29 is 18.3 Å². The fraction of sp³-hybridized carbons (Fsp3) is 0.682. The summed E-state index contributed by atoms with van der Waals surface area (Å²) in [6.07, 6.45) is 0. The molecule has 0 amide bonds. The number of piperazine rings is 1. The summed E-state index contributed by atoms with van der Waals surface area (Å²) in [6.45, 7) is 10.6. The Morgan fingerprint density at radius 3 is 2.55 bits per heavy atom. The number of nitrogens with zero attached hydrogens (tertiary/aromatic N) is 3. The Hall–Kier alpha value is -2.13. The Labute approximate surface area is 184 Å². The third kappa shape index (κ3) is 8.86. The van der Waals surface area contributed by atoms with Crippen molar-refractivity contribution >= 4 is 5.96 Å². The molecule has 176 valence electrons. The van der Waals surface area contributed by atoms with Crippen LogP contribution in [-0.2, 0) is 6.54 Å². The van der Waals surface area contributed by atoms with Crippen LogP contribution in [0.5, 0.6) is 11.5 Å². The summed E-state index contributed by atoms with van der Waals surface area (Å²) in [5.41, 5.74) is 0.550. The number of aliphatic imine (C=N–C) groups is 1. The topological polar surface area (TPSA) is 61.4 Å². The molecule has 1 aromatic rings. The third-order valence-electron chi connectivity index (χ3n) is 5.10. The van der Waals surface area contributed by atoms with Crippen molar-refractivity contribution in [1.82, 2.24) is 20.4 Å². The lowest BCUT2D eigenvalue weighted by Gasteiger charge is -2.34. The molecule has 2 N–H and O–H groups in total. The zero-order chi connectivity index (χ0) is 22.6. The van der Waals surface area contributed by atoms with Gasteiger partial charge in [0.2, 0.25) is 0 Å². The molecule has 1 heterocycles. The first-order valence-corrected chi connectivity index (χ1v) is 11.0. The van der Waals surface area contributed by atoms with Gasteiger partial charge < -0.3 is 29.9 Å². The zero-order valence-corrected chi connectivity index (χ0v) is 19.2. The molecule has 1 aliphatic heterocycles. The van der Waals surface area contributed by atoms with Gasteiger partial charge in [0.1, 0.15) is 0 Å². The van der Waals surface area contributed by atoms with Crippen LogP contribution in [-0.4, -0.2) is 81.8 Å². The molecule has 0 aliphatic carbocycles. The summed E-state index contributed by atoms with van der Waals surface area (Å²) in [7, 11) is 2.16. The van der Waals surface area contributed by atoms with Gasteiger partial charge in [-0.05, 0) is 32.9 Å². The maximum Gasteiger partial charge on any atom is 0.387 e. The van der Waals surface area contributed by atoms with Crippen molar-refractivity contribution in [2.24, 2.45) is 10.9 Å². The Balaban J connectivity index is 1.98. The van der Waals surface area contributed by atoms with Gasteiger partial charge in [-0.25, -0.2) is 4.99 Å². The number of hydrogen-bond acceptors (Lipinski definition) is 5. The second kappa shape index (κ2) is 13.3. The molecule has 1 unspecified atom stereocenters. The van der Waals surface area contributed by atoms with Crippen LogP contribution < -0.4 is 20.1 Å². The minimum atomic E-state index is -2.92. The molecule has 31 heavy (non-hydrogen) atoms. The number of likely N-dealkylation sites (N-methyl/N-ethyl adjacent to an activating group) is 1. The number of rotatable bonds is 11. The molecule has 0 spiro atoms. The van der Waals surface area contributed by atoms with Crippen molar-refractivity contribution in [2.45, 2.75) is 33.9 Å². The van der Waals surface area contributed by atoms with Crippen LogP contribution in [0.4, 0.5) is 8.78 Å². The lowest BCUT2D eigenvalue weighted by atomic mass is 10.1. The van der Waals surface area contributed by atoms with Crippen LogP contribution in [0.25, 0.3) is 0 Å². The van der Waals surface area contributed by atoms with E-state index in [2.05, 4.69) is 39.4 Å². The first-order chi connectivity index (χ1) is 14.9. The van der Waals surface area contributed by atoms with Crippen LogP contribution in [0.15, 0.2) is 23.2 Å². The molecule has 0 saturated carbocycles. The minimum absolute atomic E-state index is 0.0439. The number of ether oxygens (including phenoxy) is 2. The van der Waals surface area contributed by atoms with Crippen molar-refractivity contribution in [2.75, 3.05) is 59.5 Å². The fourth-order valence-electron chi connectivity index (χ4n) is 3.49. The Morgan fingerprint density at radius 1 is 1.16 bits per heavy atom. The second-order valence-corrected chi connectivity index (χ2v) is 7.84. The minimum Gasteiger partial charge on any atom is -0.490 e. The lowest BCUT2D eigenvalue weighted by Crippen LogP contribution is -2.47. The quantitative estimate of drug-likeness (QED) is 0.407. The molecule has 1 atom stereocenters. The highest BCUT2D eigenvalue weighted by Gasteiger charge is 2.17. The van der Waals surface area contributed by atoms with Gasteiger partial charge in [-0.15, -0.1) is 0 Å². The van der Waals surface area contributed by atoms with E-state index in [-0.39, 0.29) is 12.3 Å². The maximum absolute atomic E-state index is 12.9. The number of guanidine groups is 1. The highest BCUT2D eigenvalue weighted by molar-refractivity contribution is 5.79. The number of benzene rings is 1. The molecule has 7 nitrogen and oxygen atoms in total. The van der Waals surface area contributed by atoms with Crippen LogP contribution in [0.1, 0.15) is 26.3 Å². The number of nitrogens with one attached hydrogen (secondary N) is 2. The van der Waals surface area contributed by atoms with Gasteiger partial charge in [0.05, 0.1) is 13.2 Å². The van der Waals surface area contributed by atoms with Gasteiger partial charge in [-0.3, -0.25) is 0 Å². The highest BCUT2D eigenvalue weighted by Crippen LogP contribution is 2.33. The van der Waals surface area contributed by atoms with Gasteiger partial charge in [0.25, 0.3) is 0 Å². The van der Waals surface area contributed by atoms with E-state index in [1.54, 1.807) is 25.1 Å². The van der Waals surface area contributed by atoms with Gasteiger partial charge in [-0.2, -0.15) is 8.78 Å². The van der Waals surface area contributed by atoms with E-state index in [0.29, 0.717) is 36.3 Å². The molecule has 2 rings (SSSR count). The predicted octanol–water partition coefficient (Wildman–Crippen LogP) is 2.63. The van der Waals surface area contributed by atoms with E-state index in [1.165, 1.54) is 0 Å². The van der Waals surface area contributed by atoms with Crippen molar-refractivity contribution in [1.29, 1.82) is 0 Å². The normalized spacial score (nSPS) is 16.9. The maximum atomic E-state index is 12.9. The average molecular weight is 442 g/mol. The molecule has 1 saturated heterocycles. The van der Waals surface area contributed by atoms with Crippen LogP contribution >= 0.6 is 0 Å². The average Bonchev–Trinajstić information content (AvgIpc) is 2.73. The largest absolute Gasteiger partial charge is 0.490 e. The molecular formula is C22H37F2N5O2. The standard InChI is InChI=1S/C22H37F2N5O2/c1-5-25-22(26-14-17(3)16-29-12-10-28(4)11-13-29)27-15-18-8-7-9-19(30-6-2)20(18)31-21(23)24/h7-9,17,21H,5-6,10-16H2,1-4H3,(H2,25,26,27). The molecule has 1 aromatic carbocycles. The smallest absolute Gasteiger partial charge is 0.387 e. The Kier molecular flexibility index (Phi) is 10.8. The first-order valence-electron chi connectivity index (χ1n) is 11.0. The third-order valence-corrected chi connectivity index (χ3v) is 5.10. The Morgan fingerprint density at radius 2 is 1.90 bits per heavy atom. The first kappa shape index (κ1) is 25.1. The molecule has 0 aromatic heterocycles. The molecular weight excluding hydrogens is 404 g/mol. The lowest BCUT2D eigenvalue weighted by molar-refractivity contribution is -0.0520. The van der Waals surface area contributed by atoms with Gasteiger partial charge in [-0.1, -0.05) is 19.1 Å². The second-order valence-electron chi connectivity index (χ2n) is 7.84. The number of para-hydroxylation sites is 1. The van der Waals surface area contributed by atoms with Crippen molar-refractivity contribution in [3.8, 4) is 11.5 Å². The van der Waals surface area contributed by atoms with Crippen molar-refractivity contribution in [3.05, 3.63) is 23.8 Å². The number of alkyl halides is 2. The monoisotopic (exact) mass is 441 g/mol. The molecule has 1 aliphatic rings. The number of hydrogen-bond donors (Lipinski definition) is 2. The summed E-state index contributed by atoms with van der Waals surface area (Å²) < 4.78 is 36.0. The molecule has 9 heteroatoms. The van der Waals surface area contributed by atoms with Crippen molar-refractivity contribution in [3.63, 3.8) is 0 Å². The summed E-state index contributed by atoms with van der Waals surface area (Å²) in [5.74, 6) is 1.44. The van der Waals surface area contributed by atoms with E-state index in [4.69, 9.17) is 9.47 Å². The van der Waals surface area contributed by atoms with Gasteiger partial charge in [0.15, 0.2) is 17.5 Å². The van der Waals surface area contributed by atoms with E-state index in [1.807, 2.05) is 6.92 Å². The fourth-order valence-corrected chi connectivity index (χ4v) is 3.49. The molecule has 0 radical (unpaired) electrons. The predicted molar refractivity (Wildman–Crippen MR) is 120 cm³/mol. The van der Waals surface area contributed by atoms with Gasteiger partial charge >= 0.3 is 6.61 Å². The van der Waals surface area contributed by atoms with Crippen LogP contribution in [0.3, 0.4) is 0 Å². The Bertz CT molecular complexity index is 682. The highest BCUT2D eigenvalue weighted by atomic mass is 19.3. The van der Waals surface area contributed by atoms with E-state index in [0.717, 1.165) is 39.3 Å². The summed E-state index contributed by atoms with van der Waals surface area (Å²) in [4.78, 5) is 9.41. The summed E-state index contributed by atoms with van der Waals surface area (Å²) >= 11 is 0. The summed E-state index contributed by atoms with van der Waals surface area (Å²) in [6, 6.07) is 5.11. The zero-order valence-electron chi connectivity index (χ0n) is 19.2. The van der Waals surface area contributed by atoms with E-state index < -0.39 is 6.61 Å². The van der Waals surface area contributed by atoms with Gasteiger partial charge in [0, 0.05) is 51.4 Å². The van der Waals surface area contributed by atoms with Crippen LogP contribution in [0, 0.1) is 5.92 Å². The van der Waals surface area contributed by atoms with E-state index in [9.17, 15) is 8.78 Å². The molecule has 0 bridgehead atoms. The van der Waals surface area contributed by atoms with E-state index >= 15 is 0 Å².